The highest BCUT2D eigenvalue weighted by Gasteiger charge is 2.32. The summed E-state index contributed by atoms with van der Waals surface area (Å²) in [6.07, 6.45) is 0.344. The van der Waals surface area contributed by atoms with Gasteiger partial charge in [-0.3, -0.25) is 4.90 Å². The molecule has 4 heteroatoms. The Labute approximate surface area is 85.7 Å². The number of methoxy groups -OCH3 is 2. The molecule has 14 heavy (non-hydrogen) atoms. The first-order valence-electron chi connectivity index (χ1n) is 4.86. The van der Waals surface area contributed by atoms with Crippen molar-refractivity contribution in [1.29, 1.82) is 0 Å². The molecule has 1 heterocycles. The van der Waals surface area contributed by atoms with Crippen molar-refractivity contribution in [2.75, 3.05) is 40.4 Å². The molecule has 0 aromatic heterocycles. The van der Waals surface area contributed by atoms with E-state index in [4.69, 9.17) is 15.2 Å². The molecule has 0 aromatic carbocycles. The molecule has 1 saturated heterocycles. The van der Waals surface area contributed by atoms with Crippen LogP contribution in [0.2, 0.25) is 0 Å². The molecular weight excluding hydrogens is 180 g/mol. The summed E-state index contributed by atoms with van der Waals surface area (Å²) in [5.74, 6) is 0. The van der Waals surface area contributed by atoms with Crippen molar-refractivity contribution < 1.29 is 9.47 Å². The summed E-state index contributed by atoms with van der Waals surface area (Å²) in [5.41, 5.74) is 6.55. The number of hydrogen-bond acceptors (Lipinski definition) is 4. The van der Waals surface area contributed by atoms with Gasteiger partial charge in [-0.1, -0.05) is 6.58 Å². The highest BCUT2D eigenvalue weighted by molar-refractivity contribution is 5.01. The van der Waals surface area contributed by atoms with Crippen molar-refractivity contribution in [3.8, 4) is 0 Å². The molecule has 82 valence electrons. The van der Waals surface area contributed by atoms with E-state index >= 15 is 0 Å². The molecule has 0 spiro atoms. The van der Waals surface area contributed by atoms with Crippen molar-refractivity contribution >= 4 is 0 Å². The Kier molecular flexibility index (Phi) is 4.54. The van der Waals surface area contributed by atoms with Gasteiger partial charge < -0.3 is 15.2 Å². The summed E-state index contributed by atoms with van der Waals surface area (Å²) in [5, 5.41) is 0. The standard InChI is InChI=1S/C10H20N2O2/c1-8(4-11)5-12-6-9(13-2)10(7-12)14-3/h9-10H,1,4-7,11H2,2-3H3. The molecule has 1 rings (SSSR count). The second kappa shape index (κ2) is 5.46. The Morgan fingerprint density at radius 3 is 2.21 bits per heavy atom. The average Bonchev–Trinajstić information content (AvgIpc) is 2.59. The summed E-state index contributed by atoms with van der Waals surface area (Å²) in [6, 6.07) is 0. The molecule has 0 amide bonds. The van der Waals surface area contributed by atoms with E-state index in [1.54, 1.807) is 14.2 Å². The minimum Gasteiger partial charge on any atom is -0.377 e. The van der Waals surface area contributed by atoms with Crippen LogP contribution in [-0.2, 0) is 9.47 Å². The zero-order chi connectivity index (χ0) is 10.6. The number of likely N-dealkylation sites (tertiary alicyclic amines) is 1. The first-order chi connectivity index (χ1) is 6.71. The van der Waals surface area contributed by atoms with Gasteiger partial charge in [-0.05, 0) is 5.57 Å². The monoisotopic (exact) mass is 200 g/mol. The largest absolute Gasteiger partial charge is 0.377 e. The summed E-state index contributed by atoms with van der Waals surface area (Å²) in [6.45, 7) is 7.07. The molecule has 0 saturated carbocycles. The molecule has 4 nitrogen and oxygen atoms in total. The Bertz CT molecular complexity index is 185. The summed E-state index contributed by atoms with van der Waals surface area (Å²) < 4.78 is 10.7. The number of hydrogen-bond donors (Lipinski definition) is 1. The minimum atomic E-state index is 0.172. The molecule has 0 aliphatic carbocycles. The van der Waals surface area contributed by atoms with E-state index in [1.807, 2.05) is 0 Å². The van der Waals surface area contributed by atoms with Crippen LogP contribution < -0.4 is 5.73 Å². The van der Waals surface area contributed by atoms with Crippen LogP contribution in [0, 0.1) is 0 Å². The minimum absolute atomic E-state index is 0.172. The van der Waals surface area contributed by atoms with E-state index in [2.05, 4.69) is 11.5 Å². The van der Waals surface area contributed by atoms with Gasteiger partial charge in [0.25, 0.3) is 0 Å². The second-order valence-electron chi connectivity index (χ2n) is 3.70. The molecule has 0 bridgehead atoms. The lowest BCUT2D eigenvalue weighted by Gasteiger charge is -2.15. The second-order valence-corrected chi connectivity index (χ2v) is 3.70. The molecule has 1 fully saturated rings. The Balaban J connectivity index is 2.40. The Morgan fingerprint density at radius 2 is 1.86 bits per heavy atom. The van der Waals surface area contributed by atoms with Gasteiger partial charge in [-0.25, -0.2) is 0 Å². The maximum Gasteiger partial charge on any atom is 0.0971 e. The van der Waals surface area contributed by atoms with Crippen molar-refractivity contribution in [1.82, 2.24) is 4.90 Å². The topological polar surface area (TPSA) is 47.7 Å². The van der Waals surface area contributed by atoms with Crippen molar-refractivity contribution in [2.45, 2.75) is 12.2 Å². The van der Waals surface area contributed by atoms with Crippen LogP contribution in [0.25, 0.3) is 0 Å². The molecule has 2 N–H and O–H groups in total. The van der Waals surface area contributed by atoms with E-state index < -0.39 is 0 Å². The third-order valence-electron chi connectivity index (χ3n) is 2.63. The maximum atomic E-state index is 5.50. The van der Waals surface area contributed by atoms with E-state index in [1.165, 1.54) is 0 Å². The lowest BCUT2D eigenvalue weighted by Crippen LogP contribution is -2.27. The van der Waals surface area contributed by atoms with Gasteiger partial charge in [0, 0.05) is 40.4 Å². The number of ether oxygens (including phenoxy) is 2. The van der Waals surface area contributed by atoms with Gasteiger partial charge >= 0.3 is 0 Å². The molecule has 0 aromatic rings. The van der Waals surface area contributed by atoms with Crippen LogP contribution in [0.3, 0.4) is 0 Å². The number of rotatable bonds is 5. The quantitative estimate of drug-likeness (QED) is 0.627. The zero-order valence-electron chi connectivity index (χ0n) is 9.03. The van der Waals surface area contributed by atoms with Crippen LogP contribution in [-0.4, -0.2) is 57.5 Å². The first-order valence-corrected chi connectivity index (χ1v) is 4.86. The predicted molar refractivity (Wildman–Crippen MR) is 56.2 cm³/mol. The van der Waals surface area contributed by atoms with E-state index in [-0.39, 0.29) is 12.2 Å². The van der Waals surface area contributed by atoms with Crippen LogP contribution in [0.15, 0.2) is 12.2 Å². The fraction of sp³-hybridized carbons (Fsp3) is 0.800. The highest BCUT2D eigenvalue weighted by atomic mass is 16.5. The van der Waals surface area contributed by atoms with Crippen LogP contribution in [0.1, 0.15) is 0 Å². The maximum absolute atomic E-state index is 5.50. The molecule has 1 aliphatic heterocycles. The van der Waals surface area contributed by atoms with Gasteiger partial charge in [0.2, 0.25) is 0 Å². The van der Waals surface area contributed by atoms with Crippen LogP contribution in [0.5, 0.6) is 0 Å². The Morgan fingerprint density at radius 1 is 1.36 bits per heavy atom. The third-order valence-corrected chi connectivity index (χ3v) is 2.63. The van der Waals surface area contributed by atoms with E-state index in [0.717, 1.165) is 25.2 Å². The van der Waals surface area contributed by atoms with Gasteiger partial charge in [0.1, 0.15) is 0 Å². The summed E-state index contributed by atoms with van der Waals surface area (Å²) >= 11 is 0. The van der Waals surface area contributed by atoms with E-state index in [9.17, 15) is 0 Å². The smallest absolute Gasteiger partial charge is 0.0971 e. The zero-order valence-corrected chi connectivity index (χ0v) is 9.03. The van der Waals surface area contributed by atoms with Crippen molar-refractivity contribution in [3.05, 3.63) is 12.2 Å². The van der Waals surface area contributed by atoms with Crippen LogP contribution >= 0.6 is 0 Å². The van der Waals surface area contributed by atoms with Gasteiger partial charge in [-0.2, -0.15) is 0 Å². The van der Waals surface area contributed by atoms with Gasteiger partial charge in [0.05, 0.1) is 12.2 Å². The highest BCUT2D eigenvalue weighted by Crippen LogP contribution is 2.16. The average molecular weight is 200 g/mol. The van der Waals surface area contributed by atoms with Crippen molar-refractivity contribution in [2.24, 2.45) is 5.73 Å². The fourth-order valence-electron chi connectivity index (χ4n) is 1.78. The molecule has 1 aliphatic rings. The third kappa shape index (κ3) is 2.78. The summed E-state index contributed by atoms with van der Waals surface area (Å²) in [7, 11) is 3.44. The van der Waals surface area contributed by atoms with E-state index in [0.29, 0.717) is 6.54 Å². The molecular formula is C10H20N2O2. The van der Waals surface area contributed by atoms with Gasteiger partial charge in [0.15, 0.2) is 0 Å². The number of nitrogens with two attached hydrogens (primary N) is 1. The van der Waals surface area contributed by atoms with Crippen molar-refractivity contribution in [3.63, 3.8) is 0 Å². The lowest BCUT2D eigenvalue weighted by molar-refractivity contribution is -0.00461. The van der Waals surface area contributed by atoms with Gasteiger partial charge in [-0.15, -0.1) is 0 Å². The summed E-state index contributed by atoms with van der Waals surface area (Å²) in [4.78, 5) is 2.26. The lowest BCUT2D eigenvalue weighted by atomic mass is 10.3. The molecule has 0 radical (unpaired) electrons. The fourth-order valence-corrected chi connectivity index (χ4v) is 1.78. The Hall–Kier alpha value is -0.420. The SMILES string of the molecule is C=C(CN)CN1CC(OC)C(OC)C1. The number of nitrogens with zero attached hydrogens (tertiary/aromatic N) is 1. The molecule has 2 atom stereocenters. The van der Waals surface area contributed by atoms with Crippen LogP contribution in [0.4, 0.5) is 0 Å². The first kappa shape index (κ1) is 11.7. The molecule has 2 unspecified atom stereocenters. The predicted octanol–water partition coefficient (Wildman–Crippen LogP) is -0.153. The normalized spacial score (nSPS) is 28.2.